The lowest BCUT2D eigenvalue weighted by Gasteiger charge is -2.41. The maximum Gasteiger partial charge on any atom is 0.410 e. The van der Waals surface area contributed by atoms with Crippen LogP contribution in [0.3, 0.4) is 0 Å². The van der Waals surface area contributed by atoms with Crippen molar-refractivity contribution < 1.29 is 29.0 Å². The molecule has 0 radical (unpaired) electrons. The molecule has 8 nitrogen and oxygen atoms in total. The molecule has 2 aromatic rings. The van der Waals surface area contributed by atoms with Crippen LogP contribution >= 0.6 is 0 Å². The van der Waals surface area contributed by atoms with Gasteiger partial charge in [0, 0.05) is 32.0 Å². The van der Waals surface area contributed by atoms with Gasteiger partial charge in [0.2, 0.25) is 5.91 Å². The number of hydrogen-bond donors (Lipinski definition) is 1. The summed E-state index contributed by atoms with van der Waals surface area (Å²) in [6.45, 7) is 2.80. The number of amides is 2. The standard InChI is InChI=1S/C28H32N2O6/c1-29(25(14-26(31)32)27(33)30-12-10-18(11-13-30)19-15-35-16-19)28(34)36-17-24-22-8-4-2-6-20(22)21-7-3-5-9-23(21)24/h2-9,18-19,24-25H,10-17H2,1H3,(H,31,32)/t25-/m0/s1. The van der Waals surface area contributed by atoms with Gasteiger partial charge in [0.15, 0.2) is 0 Å². The molecule has 3 aliphatic rings. The van der Waals surface area contributed by atoms with E-state index in [0.29, 0.717) is 24.9 Å². The van der Waals surface area contributed by atoms with Gasteiger partial charge in [-0.1, -0.05) is 48.5 Å². The van der Waals surface area contributed by atoms with E-state index in [0.717, 1.165) is 53.2 Å². The Morgan fingerprint density at radius 1 is 1.00 bits per heavy atom. The lowest BCUT2D eigenvalue weighted by Crippen LogP contribution is -2.53. The molecule has 2 saturated heterocycles. The highest BCUT2D eigenvalue weighted by Gasteiger charge is 2.38. The molecule has 1 aliphatic carbocycles. The highest BCUT2D eigenvalue weighted by molar-refractivity contribution is 5.89. The molecule has 1 N–H and O–H groups in total. The van der Waals surface area contributed by atoms with Gasteiger partial charge in [-0.05, 0) is 41.0 Å². The Morgan fingerprint density at radius 2 is 1.58 bits per heavy atom. The quantitative estimate of drug-likeness (QED) is 0.635. The predicted octanol–water partition coefficient (Wildman–Crippen LogP) is 3.60. The van der Waals surface area contributed by atoms with E-state index in [1.165, 1.54) is 7.05 Å². The van der Waals surface area contributed by atoms with Gasteiger partial charge < -0.3 is 19.5 Å². The fourth-order valence-corrected chi connectivity index (χ4v) is 5.71. The average molecular weight is 493 g/mol. The summed E-state index contributed by atoms with van der Waals surface area (Å²) in [7, 11) is 1.45. The van der Waals surface area contributed by atoms with E-state index in [4.69, 9.17) is 9.47 Å². The summed E-state index contributed by atoms with van der Waals surface area (Å²) in [6, 6.07) is 15.0. The summed E-state index contributed by atoms with van der Waals surface area (Å²) in [4.78, 5) is 40.8. The number of fused-ring (bicyclic) bond motifs is 3. The smallest absolute Gasteiger partial charge is 0.410 e. The van der Waals surface area contributed by atoms with E-state index in [1.54, 1.807) is 4.90 Å². The first-order chi connectivity index (χ1) is 17.4. The lowest BCUT2D eigenvalue weighted by atomic mass is 9.83. The number of carboxylic acids is 1. The lowest BCUT2D eigenvalue weighted by molar-refractivity contribution is -0.146. The van der Waals surface area contributed by atoms with Crippen molar-refractivity contribution in [2.45, 2.75) is 31.2 Å². The Balaban J connectivity index is 1.24. The first-order valence-corrected chi connectivity index (χ1v) is 12.6. The molecule has 0 unspecified atom stereocenters. The normalized spacial score (nSPS) is 18.6. The van der Waals surface area contributed by atoms with Crippen molar-refractivity contribution in [3.05, 3.63) is 59.7 Å². The highest BCUT2D eigenvalue weighted by atomic mass is 16.6. The van der Waals surface area contributed by atoms with Crippen molar-refractivity contribution >= 4 is 18.0 Å². The molecule has 0 saturated carbocycles. The van der Waals surface area contributed by atoms with Crippen molar-refractivity contribution in [2.24, 2.45) is 11.8 Å². The zero-order valence-electron chi connectivity index (χ0n) is 20.5. The fourth-order valence-electron chi connectivity index (χ4n) is 5.71. The van der Waals surface area contributed by atoms with Crippen LogP contribution in [-0.2, 0) is 19.1 Å². The minimum atomic E-state index is -1.13. The summed E-state index contributed by atoms with van der Waals surface area (Å²) in [5.41, 5.74) is 4.43. The summed E-state index contributed by atoms with van der Waals surface area (Å²) in [6.07, 6.45) is 0.580. The van der Waals surface area contributed by atoms with Crippen LogP contribution in [0.1, 0.15) is 36.3 Å². The topological polar surface area (TPSA) is 96.4 Å². The van der Waals surface area contributed by atoms with Crippen LogP contribution in [0.2, 0.25) is 0 Å². The zero-order valence-corrected chi connectivity index (χ0v) is 20.5. The van der Waals surface area contributed by atoms with E-state index < -0.39 is 24.5 Å². The molecule has 0 spiro atoms. The average Bonchev–Trinajstić information content (AvgIpc) is 3.18. The molecule has 1 atom stereocenters. The fraction of sp³-hybridized carbons (Fsp3) is 0.464. The van der Waals surface area contributed by atoms with Crippen LogP contribution in [0.15, 0.2) is 48.5 Å². The number of piperidine rings is 1. The van der Waals surface area contributed by atoms with Crippen molar-refractivity contribution in [3.8, 4) is 11.1 Å². The third-order valence-corrected chi connectivity index (χ3v) is 7.93. The number of carbonyl (C=O) groups is 3. The molecule has 2 amide bonds. The Hall–Kier alpha value is -3.39. The number of carbonyl (C=O) groups excluding carboxylic acids is 2. The Morgan fingerprint density at radius 3 is 2.11 bits per heavy atom. The van der Waals surface area contributed by atoms with E-state index >= 15 is 0 Å². The monoisotopic (exact) mass is 492 g/mol. The minimum absolute atomic E-state index is 0.111. The summed E-state index contributed by atoms with van der Waals surface area (Å²) < 4.78 is 11.0. The molecule has 2 aromatic carbocycles. The number of rotatable bonds is 7. The first kappa shape index (κ1) is 24.3. The number of nitrogens with zero attached hydrogens (tertiary/aromatic N) is 2. The van der Waals surface area contributed by atoms with Crippen LogP contribution in [0.5, 0.6) is 0 Å². The highest BCUT2D eigenvalue weighted by Crippen LogP contribution is 2.44. The van der Waals surface area contributed by atoms with Crippen LogP contribution in [-0.4, -0.2) is 78.9 Å². The number of aliphatic carboxylic acids is 1. The van der Waals surface area contributed by atoms with Crippen molar-refractivity contribution in [1.29, 1.82) is 0 Å². The van der Waals surface area contributed by atoms with Crippen LogP contribution in [0, 0.1) is 11.8 Å². The maximum atomic E-state index is 13.3. The Bertz CT molecular complexity index is 1090. The number of hydrogen-bond acceptors (Lipinski definition) is 5. The second kappa shape index (κ2) is 10.3. The third kappa shape index (κ3) is 4.69. The second-order valence-electron chi connectivity index (χ2n) is 9.99. The van der Waals surface area contributed by atoms with Crippen molar-refractivity contribution in [3.63, 3.8) is 0 Å². The molecular weight excluding hydrogens is 460 g/mol. The van der Waals surface area contributed by atoms with Gasteiger partial charge in [-0.3, -0.25) is 14.5 Å². The molecule has 2 heterocycles. The molecule has 0 aromatic heterocycles. The third-order valence-electron chi connectivity index (χ3n) is 7.93. The van der Waals surface area contributed by atoms with E-state index in [2.05, 4.69) is 12.1 Å². The van der Waals surface area contributed by atoms with Gasteiger partial charge in [0.05, 0.1) is 19.6 Å². The van der Waals surface area contributed by atoms with Gasteiger partial charge in [-0.25, -0.2) is 4.79 Å². The summed E-state index contributed by atoms with van der Waals surface area (Å²) >= 11 is 0. The molecule has 0 bridgehead atoms. The number of benzene rings is 2. The predicted molar refractivity (Wildman–Crippen MR) is 132 cm³/mol. The Kier molecular flexibility index (Phi) is 6.96. The molecule has 190 valence electrons. The molecule has 2 fully saturated rings. The first-order valence-electron chi connectivity index (χ1n) is 12.6. The molecule has 2 aliphatic heterocycles. The molecule has 5 rings (SSSR count). The summed E-state index contributed by atoms with van der Waals surface area (Å²) in [5, 5.41) is 9.47. The van der Waals surface area contributed by atoms with E-state index in [9.17, 15) is 19.5 Å². The molecular formula is C28H32N2O6. The SMILES string of the molecule is CN(C(=O)OCC1c2ccccc2-c2ccccc21)[C@@H](CC(=O)O)C(=O)N1CCC(C2COC2)CC1. The largest absolute Gasteiger partial charge is 0.481 e. The van der Waals surface area contributed by atoms with Crippen molar-refractivity contribution in [1.82, 2.24) is 9.80 Å². The number of ether oxygens (including phenoxy) is 2. The van der Waals surface area contributed by atoms with Gasteiger partial charge in [-0.15, -0.1) is 0 Å². The Labute approximate surface area is 210 Å². The van der Waals surface area contributed by atoms with Gasteiger partial charge >= 0.3 is 12.1 Å². The van der Waals surface area contributed by atoms with Crippen LogP contribution in [0.4, 0.5) is 4.79 Å². The van der Waals surface area contributed by atoms with Crippen molar-refractivity contribution in [2.75, 3.05) is 40.0 Å². The van der Waals surface area contributed by atoms with E-state index in [1.807, 2.05) is 36.4 Å². The number of carboxylic acid groups (broad SMARTS) is 1. The van der Waals surface area contributed by atoms with Gasteiger partial charge in [-0.2, -0.15) is 0 Å². The maximum absolute atomic E-state index is 13.3. The van der Waals surface area contributed by atoms with Crippen LogP contribution in [0.25, 0.3) is 11.1 Å². The number of likely N-dealkylation sites (tertiary alicyclic amines) is 1. The second-order valence-corrected chi connectivity index (χ2v) is 9.99. The molecule has 36 heavy (non-hydrogen) atoms. The van der Waals surface area contributed by atoms with E-state index in [-0.39, 0.29) is 18.4 Å². The van der Waals surface area contributed by atoms with Gasteiger partial charge in [0.1, 0.15) is 12.6 Å². The van der Waals surface area contributed by atoms with Crippen LogP contribution < -0.4 is 0 Å². The summed E-state index contributed by atoms with van der Waals surface area (Å²) in [5.74, 6) is -0.496. The zero-order chi connectivity index (χ0) is 25.2. The van der Waals surface area contributed by atoms with Gasteiger partial charge in [0.25, 0.3) is 0 Å². The molecule has 8 heteroatoms. The minimum Gasteiger partial charge on any atom is -0.481 e. The number of likely N-dealkylation sites (N-methyl/N-ethyl adjacent to an activating group) is 1.